The Hall–Kier alpha value is -1.82. The molecule has 0 saturated heterocycles. The van der Waals surface area contributed by atoms with Crippen molar-refractivity contribution in [1.29, 1.82) is 0 Å². The summed E-state index contributed by atoms with van der Waals surface area (Å²) in [5.41, 5.74) is 6.10. The number of nitrogens with one attached hydrogen (secondary N) is 1. The summed E-state index contributed by atoms with van der Waals surface area (Å²) in [6.45, 7) is 5.43. The van der Waals surface area contributed by atoms with Gasteiger partial charge in [0.15, 0.2) is 9.84 Å². The number of hydrogen-bond donors (Lipinski definition) is 2. The number of amides is 1. The average molecular weight is 282 g/mol. The third-order valence-electron chi connectivity index (χ3n) is 2.52. The van der Waals surface area contributed by atoms with E-state index in [2.05, 4.69) is 11.9 Å². The molecule has 0 heterocycles. The predicted molar refractivity (Wildman–Crippen MR) is 75.7 cm³/mol. The number of nitrogens with two attached hydrogens (primary N) is 1. The highest BCUT2D eigenvalue weighted by atomic mass is 32.2. The second-order valence-electron chi connectivity index (χ2n) is 4.46. The van der Waals surface area contributed by atoms with Crippen LogP contribution in [-0.4, -0.2) is 26.6 Å². The fourth-order valence-electron chi connectivity index (χ4n) is 1.58. The molecule has 6 heteroatoms. The van der Waals surface area contributed by atoms with Crippen molar-refractivity contribution in [3.8, 4) is 0 Å². The number of carbonyl (C=O) groups excluding carboxylic acids is 1. The highest BCUT2D eigenvalue weighted by Gasteiger charge is 2.14. The van der Waals surface area contributed by atoms with E-state index in [0.717, 1.165) is 6.26 Å². The Morgan fingerprint density at radius 3 is 2.63 bits per heavy atom. The van der Waals surface area contributed by atoms with Crippen molar-refractivity contribution in [2.24, 2.45) is 0 Å². The molecule has 1 atom stereocenters. The third kappa shape index (κ3) is 4.40. The summed E-state index contributed by atoms with van der Waals surface area (Å²) in [6, 6.07) is 4.03. The number of benzene rings is 1. The first kappa shape index (κ1) is 15.2. The zero-order chi connectivity index (χ0) is 14.6. The van der Waals surface area contributed by atoms with Crippen LogP contribution in [0.15, 0.2) is 35.7 Å². The first-order chi connectivity index (χ1) is 8.74. The van der Waals surface area contributed by atoms with Gasteiger partial charge in [0.05, 0.1) is 4.90 Å². The summed E-state index contributed by atoms with van der Waals surface area (Å²) in [7, 11) is -3.40. The molecule has 0 bridgehead atoms. The minimum Gasteiger partial charge on any atom is -0.399 e. The largest absolute Gasteiger partial charge is 0.399 e. The zero-order valence-electron chi connectivity index (χ0n) is 11.0. The maximum atomic E-state index is 12.0. The Labute approximate surface area is 113 Å². The molecule has 0 fully saturated rings. The summed E-state index contributed by atoms with van der Waals surface area (Å²) < 4.78 is 23.0. The molecule has 1 unspecified atom stereocenters. The number of carbonyl (C=O) groups is 1. The van der Waals surface area contributed by atoms with Crippen LogP contribution in [0, 0.1) is 0 Å². The van der Waals surface area contributed by atoms with Gasteiger partial charge in [0.25, 0.3) is 5.91 Å². The molecule has 0 aliphatic rings. The molecule has 5 nitrogen and oxygen atoms in total. The van der Waals surface area contributed by atoms with Crippen LogP contribution in [0.3, 0.4) is 0 Å². The van der Waals surface area contributed by atoms with E-state index in [-0.39, 0.29) is 28.1 Å². The topological polar surface area (TPSA) is 89.3 Å². The Kier molecular flexibility index (Phi) is 4.72. The van der Waals surface area contributed by atoms with Crippen LogP contribution in [0.25, 0.3) is 0 Å². The van der Waals surface area contributed by atoms with Crippen molar-refractivity contribution >= 4 is 21.4 Å². The van der Waals surface area contributed by atoms with Gasteiger partial charge in [-0.2, -0.15) is 0 Å². The smallest absolute Gasteiger partial charge is 0.251 e. The Bertz CT molecular complexity index is 594. The molecule has 0 radical (unpaired) electrons. The lowest BCUT2D eigenvalue weighted by Crippen LogP contribution is -2.32. The Balaban J connectivity index is 3.04. The van der Waals surface area contributed by atoms with Crippen LogP contribution in [0.2, 0.25) is 0 Å². The SMILES string of the molecule is C=CCC(C)NC(=O)c1cc(N)cc(S(C)(=O)=O)c1. The van der Waals surface area contributed by atoms with E-state index < -0.39 is 9.84 Å². The van der Waals surface area contributed by atoms with Gasteiger partial charge in [-0.3, -0.25) is 4.79 Å². The maximum Gasteiger partial charge on any atom is 0.251 e. The average Bonchev–Trinajstić information content (AvgIpc) is 2.27. The molecule has 1 amide bonds. The number of rotatable bonds is 5. The molecule has 1 aromatic carbocycles. The van der Waals surface area contributed by atoms with Crippen molar-refractivity contribution in [2.45, 2.75) is 24.3 Å². The second kappa shape index (κ2) is 5.88. The molecule has 0 saturated carbocycles. The minimum absolute atomic E-state index is 0.0361. The van der Waals surface area contributed by atoms with Crippen LogP contribution in [0.1, 0.15) is 23.7 Å². The lowest BCUT2D eigenvalue weighted by molar-refractivity contribution is 0.0940. The molecule has 0 aliphatic heterocycles. The van der Waals surface area contributed by atoms with E-state index in [1.807, 2.05) is 6.92 Å². The van der Waals surface area contributed by atoms with Crippen LogP contribution in [0.4, 0.5) is 5.69 Å². The van der Waals surface area contributed by atoms with E-state index in [4.69, 9.17) is 5.73 Å². The lowest BCUT2D eigenvalue weighted by Gasteiger charge is -2.12. The van der Waals surface area contributed by atoms with Crippen molar-refractivity contribution < 1.29 is 13.2 Å². The summed E-state index contributed by atoms with van der Waals surface area (Å²) >= 11 is 0. The molecule has 0 spiro atoms. The van der Waals surface area contributed by atoms with Gasteiger partial charge in [0.2, 0.25) is 0 Å². The van der Waals surface area contributed by atoms with E-state index in [1.54, 1.807) is 6.08 Å². The van der Waals surface area contributed by atoms with Crippen LogP contribution in [-0.2, 0) is 9.84 Å². The molecule has 0 aromatic heterocycles. The normalized spacial score (nSPS) is 12.7. The van der Waals surface area contributed by atoms with Gasteiger partial charge in [-0.1, -0.05) is 6.08 Å². The van der Waals surface area contributed by atoms with Gasteiger partial charge >= 0.3 is 0 Å². The number of anilines is 1. The summed E-state index contributed by atoms with van der Waals surface area (Å²) in [5, 5.41) is 2.74. The maximum absolute atomic E-state index is 12.0. The van der Waals surface area contributed by atoms with Gasteiger partial charge in [0, 0.05) is 23.5 Å². The molecule has 0 aliphatic carbocycles. The van der Waals surface area contributed by atoms with Crippen molar-refractivity contribution in [1.82, 2.24) is 5.32 Å². The zero-order valence-corrected chi connectivity index (χ0v) is 11.8. The molecular formula is C13H18N2O3S. The van der Waals surface area contributed by atoms with Crippen LogP contribution in [0.5, 0.6) is 0 Å². The molecule has 1 aromatic rings. The Morgan fingerprint density at radius 2 is 2.11 bits per heavy atom. The minimum atomic E-state index is -3.40. The van der Waals surface area contributed by atoms with E-state index in [1.165, 1.54) is 18.2 Å². The fraction of sp³-hybridized carbons (Fsp3) is 0.308. The standard InChI is InChI=1S/C13H18N2O3S/c1-4-5-9(2)15-13(16)10-6-11(14)8-12(7-10)19(3,17)18/h4,6-9H,1,5,14H2,2-3H3,(H,15,16). The van der Waals surface area contributed by atoms with Crippen LogP contribution >= 0.6 is 0 Å². The quantitative estimate of drug-likeness (QED) is 0.630. The van der Waals surface area contributed by atoms with Gasteiger partial charge < -0.3 is 11.1 Å². The van der Waals surface area contributed by atoms with Gasteiger partial charge in [0.1, 0.15) is 0 Å². The highest BCUT2D eigenvalue weighted by Crippen LogP contribution is 2.17. The van der Waals surface area contributed by atoms with Crippen molar-refractivity contribution in [2.75, 3.05) is 12.0 Å². The van der Waals surface area contributed by atoms with E-state index in [0.29, 0.717) is 6.42 Å². The molecule has 19 heavy (non-hydrogen) atoms. The number of hydrogen-bond acceptors (Lipinski definition) is 4. The predicted octanol–water partition coefficient (Wildman–Crippen LogP) is 1.37. The highest BCUT2D eigenvalue weighted by molar-refractivity contribution is 7.90. The van der Waals surface area contributed by atoms with Gasteiger partial charge in [-0.05, 0) is 31.5 Å². The lowest BCUT2D eigenvalue weighted by atomic mass is 10.1. The molecule has 104 valence electrons. The first-order valence-electron chi connectivity index (χ1n) is 5.76. The molecule has 1 rings (SSSR count). The second-order valence-corrected chi connectivity index (χ2v) is 6.48. The van der Waals surface area contributed by atoms with Crippen LogP contribution < -0.4 is 11.1 Å². The molecular weight excluding hydrogens is 264 g/mol. The fourth-order valence-corrected chi connectivity index (χ4v) is 2.27. The number of nitrogen functional groups attached to an aromatic ring is 1. The van der Waals surface area contributed by atoms with E-state index >= 15 is 0 Å². The third-order valence-corrected chi connectivity index (χ3v) is 3.61. The first-order valence-corrected chi connectivity index (χ1v) is 7.65. The van der Waals surface area contributed by atoms with Gasteiger partial charge in [-0.15, -0.1) is 6.58 Å². The molecule has 3 N–H and O–H groups in total. The van der Waals surface area contributed by atoms with Gasteiger partial charge in [-0.25, -0.2) is 8.42 Å². The monoisotopic (exact) mass is 282 g/mol. The van der Waals surface area contributed by atoms with Crippen molar-refractivity contribution in [3.05, 3.63) is 36.4 Å². The summed E-state index contributed by atoms with van der Waals surface area (Å²) in [5.74, 6) is -0.355. The number of sulfone groups is 1. The summed E-state index contributed by atoms with van der Waals surface area (Å²) in [4.78, 5) is 12.0. The van der Waals surface area contributed by atoms with Crippen molar-refractivity contribution in [3.63, 3.8) is 0 Å². The van der Waals surface area contributed by atoms with E-state index in [9.17, 15) is 13.2 Å². The summed E-state index contributed by atoms with van der Waals surface area (Å²) in [6.07, 6.45) is 3.41. The Morgan fingerprint density at radius 1 is 1.47 bits per heavy atom.